The maximum atomic E-state index is 10.7. The van der Waals surface area contributed by atoms with Crippen LogP contribution < -0.4 is 5.43 Å². The highest BCUT2D eigenvalue weighted by molar-refractivity contribution is 7.15. The number of nitrogens with one attached hydrogen (secondary N) is 1. The molecular weight excluding hydrogens is 280 g/mol. The lowest BCUT2D eigenvalue weighted by molar-refractivity contribution is -0.385. The van der Waals surface area contributed by atoms with Crippen molar-refractivity contribution in [2.45, 2.75) is 13.8 Å². The second-order valence-electron chi connectivity index (χ2n) is 4.04. The normalized spacial score (nSPS) is 10.9. The van der Waals surface area contributed by atoms with Gasteiger partial charge in [0.1, 0.15) is 0 Å². The number of aromatic hydroxyl groups is 1. The van der Waals surface area contributed by atoms with Gasteiger partial charge in [0.15, 0.2) is 5.75 Å². The van der Waals surface area contributed by atoms with Crippen molar-refractivity contribution in [2.24, 2.45) is 5.10 Å². The van der Waals surface area contributed by atoms with Crippen molar-refractivity contribution < 1.29 is 10.0 Å². The van der Waals surface area contributed by atoms with Crippen molar-refractivity contribution in [3.63, 3.8) is 0 Å². The number of thiazole rings is 1. The molecule has 2 aromatic rings. The molecule has 2 N–H and O–H groups in total. The number of hydrogen-bond donors (Lipinski definition) is 2. The molecule has 104 valence electrons. The van der Waals surface area contributed by atoms with Gasteiger partial charge in [0.25, 0.3) is 0 Å². The summed E-state index contributed by atoms with van der Waals surface area (Å²) in [5, 5.41) is 24.6. The number of benzene rings is 1. The van der Waals surface area contributed by atoms with Crippen molar-refractivity contribution in [1.82, 2.24) is 4.98 Å². The molecule has 0 fully saturated rings. The van der Waals surface area contributed by atoms with Gasteiger partial charge in [-0.25, -0.2) is 4.98 Å². The van der Waals surface area contributed by atoms with E-state index in [2.05, 4.69) is 15.5 Å². The number of anilines is 1. The second kappa shape index (κ2) is 5.66. The second-order valence-corrected chi connectivity index (χ2v) is 5.24. The van der Waals surface area contributed by atoms with Gasteiger partial charge in [0.2, 0.25) is 5.13 Å². The Hall–Kier alpha value is -2.48. The van der Waals surface area contributed by atoms with Crippen LogP contribution in [-0.2, 0) is 0 Å². The van der Waals surface area contributed by atoms with Gasteiger partial charge in [-0.15, -0.1) is 11.3 Å². The van der Waals surface area contributed by atoms with Crippen LogP contribution in [0.3, 0.4) is 0 Å². The molecule has 0 bridgehead atoms. The maximum absolute atomic E-state index is 10.7. The molecule has 2 rings (SSSR count). The minimum atomic E-state index is -0.645. The van der Waals surface area contributed by atoms with Crippen molar-refractivity contribution in [3.05, 3.63) is 44.4 Å². The van der Waals surface area contributed by atoms with Crippen LogP contribution >= 0.6 is 11.3 Å². The Kier molecular flexibility index (Phi) is 3.94. The van der Waals surface area contributed by atoms with Gasteiger partial charge in [0, 0.05) is 16.5 Å². The van der Waals surface area contributed by atoms with Crippen molar-refractivity contribution in [2.75, 3.05) is 5.43 Å². The van der Waals surface area contributed by atoms with E-state index in [9.17, 15) is 15.2 Å². The minimum absolute atomic E-state index is 0.352. The zero-order chi connectivity index (χ0) is 14.7. The third kappa shape index (κ3) is 3.09. The Balaban J connectivity index is 2.11. The Morgan fingerprint density at radius 3 is 2.85 bits per heavy atom. The van der Waals surface area contributed by atoms with E-state index in [1.54, 1.807) is 0 Å². The summed E-state index contributed by atoms with van der Waals surface area (Å²) in [5.41, 5.74) is 3.86. The quantitative estimate of drug-likeness (QED) is 0.512. The highest BCUT2D eigenvalue weighted by atomic mass is 32.1. The Labute approximate surface area is 118 Å². The van der Waals surface area contributed by atoms with Crippen molar-refractivity contribution in [3.8, 4) is 5.75 Å². The fourth-order valence-corrected chi connectivity index (χ4v) is 2.21. The highest BCUT2D eigenvalue weighted by Gasteiger charge is 2.12. The summed E-state index contributed by atoms with van der Waals surface area (Å²) in [6.07, 6.45) is 1.43. The van der Waals surface area contributed by atoms with E-state index in [1.807, 2.05) is 13.8 Å². The van der Waals surface area contributed by atoms with Gasteiger partial charge in [-0.2, -0.15) is 5.10 Å². The van der Waals surface area contributed by atoms with Crippen LogP contribution in [0.25, 0.3) is 0 Å². The van der Waals surface area contributed by atoms with Crippen LogP contribution in [0.15, 0.2) is 23.3 Å². The third-order valence-corrected chi connectivity index (χ3v) is 3.58. The van der Waals surface area contributed by atoms with E-state index in [0.717, 1.165) is 10.6 Å². The first-order chi connectivity index (χ1) is 9.47. The molecule has 0 saturated heterocycles. The average molecular weight is 292 g/mol. The first kappa shape index (κ1) is 13.9. The molecule has 20 heavy (non-hydrogen) atoms. The predicted molar refractivity (Wildman–Crippen MR) is 77.6 cm³/mol. The Morgan fingerprint density at radius 2 is 2.25 bits per heavy atom. The number of hydrogen-bond acceptors (Lipinski definition) is 7. The zero-order valence-electron chi connectivity index (χ0n) is 10.8. The highest BCUT2D eigenvalue weighted by Crippen LogP contribution is 2.25. The molecule has 0 aliphatic heterocycles. The fraction of sp³-hybridized carbons (Fsp3) is 0.167. The lowest BCUT2D eigenvalue weighted by atomic mass is 10.2. The number of phenols is 1. The summed E-state index contributed by atoms with van der Waals surface area (Å²) < 4.78 is 0. The number of phenolic OH excluding ortho intramolecular Hbond substituents is 1. The summed E-state index contributed by atoms with van der Waals surface area (Å²) >= 11 is 1.48. The lowest BCUT2D eigenvalue weighted by Crippen LogP contribution is -1.93. The summed E-state index contributed by atoms with van der Waals surface area (Å²) in [4.78, 5) is 15.4. The van der Waals surface area contributed by atoms with Gasteiger partial charge < -0.3 is 5.11 Å². The molecule has 0 radical (unpaired) electrons. The first-order valence-electron chi connectivity index (χ1n) is 5.68. The third-order valence-electron chi connectivity index (χ3n) is 2.60. The molecule has 1 aromatic carbocycles. The molecule has 1 aromatic heterocycles. The van der Waals surface area contributed by atoms with Gasteiger partial charge in [-0.1, -0.05) is 0 Å². The number of nitrogens with zero attached hydrogens (tertiary/aromatic N) is 3. The zero-order valence-corrected chi connectivity index (χ0v) is 11.6. The summed E-state index contributed by atoms with van der Waals surface area (Å²) in [6, 6.07) is 4.04. The Bertz CT molecular complexity index is 662. The number of aryl methyl sites for hydroxylation is 2. The van der Waals surface area contributed by atoms with Gasteiger partial charge >= 0.3 is 5.69 Å². The fourth-order valence-electron chi connectivity index (χ4n) is 1.45. The lowest BCUT2D eigenvalue weighted by Gasteiger charge is -1.97. The monoisotopic (exact) mass is 292 g/mol. The number of hydrazone groups is 1. The van der Waals surface area contributed by atoms with Crippen molar-refractivity contribution >= 4 is 28.4 Å². The van der Waals surface area contributed by atoms with Gasteiger partial charge in [0.05, 0.1) is 16.8 Å². The van der Waals surface area contributed by atoms with E-state index in [4.69, 9.17) is 0 Å². The first-order valence-corrected chi connectivity index (χ1v) is 6.49. The number of rotatable bonds is 4. The van der Waals surface area contributed by atoms with Crippen LogP contribution in [-0.4, -0.2) is 21.2 Å². The van der Waals surface area contributed by atoms with Gasteiger partial charge in [-0.3, -0.25) is 15.5 Å². The van der Waals surface area contributed by atoms with E-state index in [-0.39, 0.29) is 11.4 Å². The van der Waals surface area contributed by atoms with Crippen LogP contribution in [0.1, 0.15) is 16.1 Å². The number of nitro groups is 1. The molecule has 8 heteroatoms. The molecular formula is C12H12N4O3S. The molecule has 0 aliphatic carbocycles. The standard InChI is InChI=1S/C12H12N4O3S/c1-7-8(2)20-12(14-7)15-13-6-9-3-4-11(17)10(5-9)16(18)19/h3-6,17H,1-2H3,(H,14,15). The van der Waals surface area contributed by atoms with Crippen LogP contribution in [0.5, 0.6) is 5.75 Å². The summed E-state index contributed by atoms with van der Waals surface area (Å²) in [7, 11) is 0. The molecule has 0 spiro atoms. The number of aromatic nitrogens is 1. The molecule has 0 saturated carbocycles. The van der Waals surface area contributed by atoms with E-state index in [1.165, 1.54) is 35.8 Å². The molecule has 1 heterocycles. The number of nitro benzene ring substituents is 1. The topological polar surface area (TPSA) is 101 Å². The maximum Gasteiger partial charge on any atom is 0.311 e. The summed E-state index contributed by atoms with van der Waals surface area (Å²) in [6.45, 7) is 3.87. The van der Waals surface area contributed by atoms with Crippen molar-refractivity contribution in [1.29, 1.82) is 0 Å². The average Bonchev–Trinajstić information content (AvgIpc) is 2.70. The van der Waals surface area contributed by atoms with Crippen LogP contribution in [0.2, 0.25) is 0 Å². The SMILES string of the molecule is Cc1nc(NN=Cc2ccc(O)c([N+](=O)[O-])c2)sc1C. The molecule has 0 amide bonds. The van der Waals surface area contributed by atoms with Crippen LogP contribution in [0, 0.1) is 24.0 Å². The van der Waals surface area contributed by atoms with E-state index < -0.39 is 4.92 Å². The minimum Gasteiger partial charge on any atom is -0.502 e. The van der Waals surface area contributed by atoms with Gasteiger partial charge in [-0.05, 0) is 26.0 Å². The molecule has 0 aliphatic rings. The largest absolute Gasteiger partial charge is 0.502 e. The van der Waals surface area contributed by atoms with Crippen LogP contribution in [0.4, 0.5) is 10.8 Å². The van der Waals surface area contributed by atoms with E-state index in [0.29, 0.717) is 10.7 Å². The molecule has 0 atom stereocenters. The smallest absolute Gasteiger partial charge is 0.311 e. The summed E-state index contributed by atoms with van der Waals surface area (Å²) in [5.74, 6) is -0.369. The molecule has 0 unspecified atom stereocenters. The van der Waals surface area contributed by atoms with E-state index >= 15 is 0 Å². The molecule has 7 nitrogen and oxygen atoms in total. The Morgan fingerprint density at radius 1 is 1.50 bits per heavy atom. The predicted octanol–water partition coefficient (Wildman–Crippen LogP) is 2.82.